The lowest BCUT2D eigenvalue weighted by Crippen LogP contribution is -2.15. The van der Waals surface area contributed by atoms with Crippen LogP contribution in [-0.4, -0.2) is 17.8 Å². The van der Waals surface area contributed by atoms with Crippen molar-refractivity contribution < 1.29 is 4.79 Å². The zero-order chi connectivity index (χ0) is 12.8. The van der Waals surface area contributed by atoms with Crippen molar-refractivity contribution in [1.29, 1.82) is 0 Å². The van der Waals surface area contributed by atoms with Crippen molar-refractivity contribution in [3.8, 4) is 0 Å². The molecule has 0 N–H and O–H groups in total. The van der Waals surface area contributed by atoms with Gasteiger partial charge in [-0.15, -0.1) is 0 Å². The fourth-order valence-electron chi connectivity index (χ4n) is 1.64. The summed E-state index contributed by atoms with van der Waals surface area (Å²) in [7, 11) is 0. The molecule has 0 fully saturated rings. The Bertz CT molecular complexity index is 549. The van der Waals surface area contributed by atoms with Crippen LogP contribution in [0.15, 0.2) is 65.1 Å². The van der Waals surface area contributed by atoms with Gasteiger partial charge in [-0.3, -0.25) is 4.79 Å². The molecular formula is C15H13NOS. The minimum atomic E-state index is -0.0452. The van der Waals surface area contributed by atoms with Gasteiger partial charge in [0.1, 0.15) is 5.71 Å². The highest BCUT2D eigenvalue weighted by Gasteiger charge is 2.15. The second kappa shape index (κ2) is 6.17. The van der Waals surface area contributed by atoms with Crippen LogP contribution in [0.25, 0.3) is 0 Å². The zero-order valence-corrected chi connectivity index (χ0v) is 10.9. The highest BCUT2D eigenvalue weighted by atomic mass is 32.2. The first-order chi connectivity index (χ1) is 8.83. The Kier molecular flexibility index (Phi) is 4.31. The molecule has 0 bridgehead atoms. The van der Waals surface area contributed by atoms with E-state index < -0.39 is 0 Å². The largest absolute Gasteiger partial charge is 0.287 e. The molecule has 0 aliphatic carbocycles. The first kappa shape index (κ1) is 12.6. The van der Waals surface area contributed by atoms with Gasteiger partial charge in [-0.25, -0.2) is 4.40 Å². The quantitative estimate of drug-likeness (QED) is 0.474. The minimum Gasteiger partial charge on any atom is -0.287 e. The summed E-state index contributed by atoms with van der Waals surface area (Å²) in [6.07, 6.45) is 1.85. The molecule has 0 amide bonds. The summed E-state index contributed by atoms with van der Waals surface area (Å²) >= 11 is 1.29. The van der Waals surface area contributed by atoms with E-state index >= 15 is 0 Å². The zero-order valence-electron chi connectivity index (χ0n) is 10.0. The molecule has 3 heteroatoms. The van der Waals surface area contributed by atoms with Crippen molar-refractivity contribution in [2.24, 2.45) is 4.40 Å². The summed E-state index contributed by atoms with van der Waals surface area (Å²) in [5.41, 5.74) is 2.00. The highest BCUT2D eigenvalue weighted by molar-refractivity contribution is 7.97. The van der Waals surface area contributed by atoms with Crippen LogP contribution in [0.2, 0.25) is 0 Å². The van der Waals surface area contributed by atoms with E-state index in [4.69, 9.17) is 0 Å². The standard InChI is InChI=1S/C15H13NOS/c1-18-16-14(12-8-4-2-5-9-12)15(17)13-10-6-3-7-11-13/h2-11H,1H3/b16-14+. The third-order valence-electron chi connectivity index (χ3n) is 2.48. The van der Waals surface area contributed by atoms with Crippen LogP contribution in [0.1, 0.15) is 15.9 Å². The second-order valence-electron chi connectivity index (χ2n) is 3.68. The molecule has 2 rings (SSSR count). The fourth-order valence-corrected chi connectivity index (χ4v) is 2.01. The predicted molar refractivity (Wildman–Crippen MR) is 77.3 cm³/mol. The van der Waals surface area contributed by atoms with Gasteiger partial charge in [0.25, 0.3) is 0 Å². The molecule has 0 saturated heterocycles. The van der Waals surface area contributed by atoms with Gasteiger partial charge >= 0.3 is 0 Å². The summed E-state index contributed by atoms with van der Waals surface area (Å²) in [4.78, 5) is 12.4. The summed E-state index contributed by atoms with van der Waals surface area (Å²) < 4.78 is 4.25. The topological polar surface area (TPSA) is 29.4 Å². The molecule has 2 aromatic rings. The summed E-state index contributed by atoms with van der Waals surface area (Å²) in [5, 5.41) is 0. The third-order valence-corrected chi connectivity index (χ3v) is 2.85. The molecule has 0 aliphatic heterocycles. The summed E-state index contributed by atoms with van der Waals surface area (Å²) in [6.45, 7) is 0. The maximum Gasteiger partial charge on any atom is 0.212 e. The predicted octanol–water partition coefficient (Wildman–Crippen LogP) is 3.64. The maximum atomic E-state index is 12.4. The fraction of sp³-hybridized carbons (Fsp3) is 0.0667. The molecular weight excluding hydrogens is 242 g/mol. The average molecular weight is 255 g/mol. The number of Topliss-reactive ketones (excluding diaryl/α,β-unsaturated/α-hetero) is 1. The number of rotatable bonds is 4. The minimum absolute atomic E-state index is 0.0452. The van der Waals surface area contributed by atoms with Crippen LogP contribution in [0.5, 0.6) is 0 Å². The number of carbonyl (C=O) groups excluding carboxylic acids is 1. The second-order valence-corrected chi connectivity index (χ2v) is 4.23. The Morgan fingerprint density at radius 2 is 1.39 bits per heavy atom. The molecule has 18 heavy (non-hydrogen) atoms. The van der Waals surface area contributed by atoms with Gasteiger partial charge in [0.15, 0.2) is 0 Å². The van der Waals surface area contributed by atoms with Gasteiger partial charge in [0.2, 0.25) is 5.78 Å². The van der Waals surface area contributed by atoms with Gasteiger partial charge in [-0.1, -0.05) is 60.7 Å². The van der Waals surface area contributed by atoms with Crippen molar-refractivity contribution in [3.05, 3.63) is 71.8 Å². The third kappa shape index (κ3) is 2.87. The number of ketones is 1. The van der Waals surface area contributed by atoms with E-state index in [0.717, 1.165) is 5.56 Å². The lowest BCUT2D eigenvalue weighted by Gasteiger charge is -2.05. The first-order valence-corrected chi connectivity index (χ1v) is 6.77. The number of carbonyl (C=O) groups is 1. The van der Waals surface area contributed by atoms with E-state index in [0.29, 0.717) is 11.3 Å². The number of nitrogens with zero attached hydrogens (tertiary/aromatic N) is 1. The maximum absolute atomic E-state index is 12.4. The molecule has 0 aliphatic rings. The van der Waals surface area contributed by atoms with E-state index in [2.05, 4.69) is 4.40 Å². The Hall–Kier alpha value is -1.87. The lowest BCUT2D eigenvalue weighted by molar-refractivity contribution is 0.106. The van der Waals surface area contributed by atoms with Crippen molar-refractivity contribution in [2.75, 3.05) is 6.26 Å². The van der Waals surface area contributed by atoms with E-state index in [-0.39, 0.29) is 5.78 Å². The Morgan fingerprint density at radius 3 is 1.89 bits per heavy atom. The molecule has 0 heterocycles. The molecule has 0 aromatic heterocycles. The molecule has 0 atom stereocenters. The molecule has 0 radical (unpaired) electrons. The first-order valence-electron chi connectivity index (χ1n) is 5.59. The van der Waals surface area contributed by atoms with E-state index in [1.165, 1.54) is 11.9 Å². The van der Waals surface area contributed by atoms with Crippen molar-refractivity contribution in [2.45, 2.75) is 0 Å². The lowest BCUT2D eigenvalue weighted by atomic mass is 10.0. The number of hydrogen-bond donors (Lipinski definition) is 0. The molecule has 0 unspecified atom stereocenters. The molecule has 0 spiro atoms. The van der Waals surface area contributed by atoms with Gasteiger partial charge in [-0.05, 0) is 11.9 Å². The van der Waals surface area contributed by atoms with Crippen molar-refractivity contribution in [3.63, 3.8) is 0 Å². The van der Waals surface area contributed by atoms with Gasteiger partial charge in [0.05, 0.1) is 0 Å². The van der Waals surface area contributed by atoms with Crippen molar-refractivity contribution >= 4 is 23.4 Å². The van der Waals surface area contributed by atoms with Crippen LogP contribution in [0.4, 0.5) is 0 Å². The summed E-state index contributed by atoms with van der Waals surface area (Å²) in [5.74, 6) is -0.0452. The average Bonchev–Trinajstić information content (AvgIpc) is 2.46. The number of hydrogen-bond acceptors (Lipinski definition) is 3. The van der Waals surface area contributed by atoms with Crippen LogP contribution in [0.3, 0.4) is 0 Å². The molecule has 0 saturated carbocycles. The van der Waals surface area contributed by atoms with Crippen molar-refractivity contribution in [1.82, 2.24) is 0 Å². The Balaban J connectivity index is 2.39. The highest BCUT2D eigenvalue weighted by Crippen LogP contribution is 2.11. The molecule has 2 aromatic carbocycles. The van der Waals surface area contributed by atoms with Gasteiger partial charge in [-0.2, -0.15) is 0 Å². The van der Waals surface area contributed by atoms with E-state index in [9.17, 15) is 4.79 Å². The smallest absolute Gasteiger partial charge is 0.212 e. The molecule has 90 valence electrons. The summed E-state index contributed by atoms with van der Waals surface area (Å²) in [6, 6.07) is 18.8. The number of benzene rings is 2. The van der Waals surface area contributed by atoms with E-state index in [1.807, 2.05) is 54.8 Å². The van der Waals surface area contributed by atoms with E-state index in [1.54, 1.807) is 12.1 Å². The van der Waals surface area contributed by atoms with Gasteiger partial charge in [0, 0.05) is 17.4 Å². The normalized spacial score (nSPS) is 11.3. The van der Waals surface area contributed by atoms with Crippen LogP contribution in [-0.2, 0) is 0 Å². The Labute approximate surface area is 111 Å². The van der Waals surface area contributed by atoms with Crippen LogP contribution >= 0.6 is 11.9 Å². The van der Waals surface area contributed by atoms with Crippen LogP contribution < -0.4 is 0 Å². The Morgan fingerprint density at radius 1 is 0.889 bits per heavy atom. The monoisotopic (exact) mass is 255 g/mol. The van der Waals surface area contributed by atoms with Crippen LogP contribution in [0, 0.1) is 0 Å². The van der Waals surface area contributed by atoms with Gasteiger partial charge < -0.3 is 0 Å². The molecule has 2 nitrogen and oxygen atoms in total. The SMILES string of the molecule is CS/N=C(/C(=O)c1ccccc1)c1ccccc1.